The van der Waals surface area contributed by atoms with Crippen molar-refractivity contribution in [3.63, 3.8) is 0 Å². The third-order valence-corrected chi connectivity index (χ3v) is 4.92. The molecule has 2 aliphatic rings. The Balaban J connectivity index is 1.60. The van der Waals surface area contributed by atoms with Crippen LogP contribution in [0, 0.1) is 12.7 Å². The molecule has 0 aliphatic carbocycles. The average Bonchev–Trinajstić information content (AvgIpc) is 2.58. The molecule has 3 heterocycles. The molecule has 0 radical (unpaired) electrons. The van der Waals surface area contributed by atoms with Crippen LogP contribution in [0.2, 0.25) is 0 Å². The second kappa shape index (κ2) is 5.81. The molecule has 2 atom stereocenters. The minimum Gasteiger partial charge on any atom is -0.318 e. The number of amides is 2. The van der Waals surface area contributed by atoms with Gasteiger partial charge in [-0.3, -0.25) is 0 Å². The van der Waals surface area contributed by atoms with Crippen LogP contribution < -0.4 is 5.32 Å². The number of carbonyl (C=O) groups excluding carboxylic acids is 1. The fourth-order valence-corrected chi connectivity index (χ4v) is 3.70. The second-order valence-electron chi connectivity index (χ2n) is 6.42. The summed E-state index contributed by atoms with van der Waals surface area (Å²) in [6, 6.07) is 3.35. The van der Waals surface area contributed by atoms with E-state index in [4.69, 9.17) is 0 Å². The molecule has 2 amide bonds. The number of hydrogen-bond acceptors (Lipinski definition) is 4. The lowest BCUT2D eigenvalue weighted by molar-refractivity contribution is 0.0173. The van der Waals surface area contributed by atoms with Gasteiger partial charge >= 0.3 is 6.03 Å². The monoisotopic (exact) mass is 327 g/mol. The van der Waals surface area contributed by atoms with Crippen LogP contribution in [0.4, 0.5) is 14.9 Å². The van der Waals surface area contributed by atoms with Crippen molar-refractivity contribution in [2.45, 2.75) is 44.7 Å². The smallest absolute Gasteiger partial charge is 0.318 e. The first-order chi connectivity index (χ1) is 11.6. The number of hydrogen-bond donors (Lipinski definition) is 1. The standard InChI is InChI=1S/C17H18FN5O/c1-10-7-14(18)15(9-13(10)16-19-5-6-20-22-16)21-17(24)23-11-3-2-4-12(23)8-11/h5-7,9,11-12H,2-4,8H2,1H3,(H,21,24). The van der Waals surface area contributed by atoms with Crippen LogP contribution in [0.3, 0.4) is 0 Å². The van der Waals surface area contributed by atoms with Crippen LogP contribution in [-0.2, 0) is 0 Å². The number of benzene rings is 1. The lowest BCUT2D eigenvalue weighted by atomic mass is 9.80. The van der Waals surface area contributed by atoms with Gasteiger partial charge in [-0.1, -0.05) is 0 Å². The predicted octanol–water partition coefficient (Wildman–Crippen LogP) is 3.14. The van der Waals surface area contributed by atoms with Crippen molar-refractivity contribution >= 4 is 11.7 Å². The van der Waals surface area contributed by atoms with E-state index in [9.17, 15) is 9.18 Å². The molecular weight excluding hydrogens is 309 g/mol. The van der Waals surface area contributed by atoms with Crippen molar-refractivity contribution < 1.29 is 9.18 Å². The Kier molecular flexibility index (Phi) is 3.63. The maximum Gasteiger partial charge on any atom is 0.322 e. The van der Waals surface area contributed by atoms with Crippen LogP contribution in [0.25, 0.3) is 11.4 Å². The van der Waals surface area contributed by atoms with Gasteiger partial charge in [0.25, 0.3) is 0 Å². The summed E-state index contributed by atoms with van der Waals surface area (Å²) in [6.45, 7) is 1.78. The molecule has 2 fully saturated rings. The zero-order chi connectivity index (χ0) is 16.7. The largest absolute Gasteiger partial charge is 0.322 e. The zero-order valence-electron chi connectivity index (χ0n) is 13.4. The number of piperidine rings is 1. The first kappa shape index (κ1) is 15.0. The Labute approximate surface area is 139 Å². The minimum atomic E-state index is -0.459. The van der Waals surface area contributed by atoms with Crippen LogP contribution >= 0.6 is 0 Å². The zero-order valence-corrected chi connectivity index (χ0v) is 13.4. The summed E-state index contributed by atoms with van der Waals surface area (Å²) >= 11 is 0. The van der Waals surface area contributed by atoms with E-state index in [2.05, 4.69) is 20.5 Å². The SMILES string of the molecule is Cc1cc(F)c(NC(=O)N2C3CCCC2C3)cc1-c1nccnn1. The van der Waals surface area contributed by atoms with Gasteiger partial charge in [-0.05, 0) is 50.3 Å². The molecular formula is C17H18FN5O. The van der Waals surface area contributed by atoms with E-state index in [1.165, 1.54) is 24.9 Å². The highest BCUT2D eigenvalue weighted by Gasteiger charge is 2.44. The molecule has 6 nitrogen and oxygen atoms in total. The topological polar surface area (TPSA) is 71.0 Å². The molecule has 2 saturated heterocycles. The summed E-state index contributed by atoms with van der Waals surface area (Å²) in [5.41, 5.74) is 1.50. The van der Waals surface area contributed by atoms with Crippen LogP contribution in [0.15, 0.2) is 24.5 Å². The molecule has 124 valence electrons. The molecule has 0 spiro atoms. The summed E-state index contributed by atoms with van der Waals surface area (Å²) in [7, 11) is 0. The van der Waals surface area contributed by atoms with E-state index in [1.807, 2.05) is 4.90 Å². The van der Waals surface area contributed by atoms with Gasteiger partial charge in [0.05, 0.1) is 11.9 Å². The van der Waals surface area contributed by atoms with Gasteiger partial charge in [0.1, 0.15) is 5.82 Å². The molecule has 2 aromatic rings. The van der Waals surface area contributed by atoms with Gasteiger partial charge < -0.3 is 10.2 Å². The molecule has 24 heavy (non-hydrogen) atoms. The molecule has 1 aromatic carbocycles. The van der Waals surface area contributed by atoms with Crippen LogP contribution in [-0.4, -0.2) is 38.2 Å². The van der Waals surface area contributed by atoms with Gasteiger partial charge in [0, 0.05) is 23.8 Å². The van der Waals surface area contributed by atoms with Crippen molar-refractivity contribution in [3.8, 4) is 11.4 Å². The maximum absolute atomic E-state index is 14.3. The highest BCUT2D eigenvalue weighted by molar-refractivity contribution is 5.91. The minimum absolute atomic E-state index is 0.151. The molecule has 2 aliphatic heterocycles. The van der Waals surface area contributed by atoms with E-state index >= 15 is 0 Å². The number of nitrogens with zero attached hydrogens (tertiary/aromatic N) is 4. The molecule has 2 bridgehead atoms. The number of aryl methyl sites for hydroxylation is 1. The van der Waals surface area contributed by atoms with Crippen molar-refractivity contribution in [2.75, 3.05) is 5.32 Å². The van der Waals surface area contributed by atoms with E-state index < -0.39 is 5.82 Å². The highest BCUT2D eigenvalue weighted by Crippen LogP contribution is 2.38. The molecule has 1 aromatic heterocycles. The highest BCUT2D eigenvalue weighted by atomic mass is 19.1. The normalized spacial score (nSPS) is 22.0. The van der Waals surface area contributed by atoms with Crippen LogP contribution in [0.1, 0.15) is 31.2 Å². The lowest BCUT2D eigenvalue weighted by Gasteiger charge is -2.52. The fraction of sp³-hybridized carbons (Fsp3) is 0.412. The fourth-order valence-electron chi connectivity index (χ4n) is 3.70. The van der Waals surface area contributed by atoms with Crippen molar-refractivity contribution in [1.29, 1.82) is 0 Å². The Morgan fingerprint density at radius 3 is 2.75 bits per heavy atom. The van der Waals surface area contributed by atoms with Gasteiger partial charge in [0.15, 0.2) is 5.82 Å². The second-order valence-corrected chi connectivity index (χ2v) is 6.42. The van der Waals surface area contributed by atoms with E-state index in [0.29, 0.717) is 29.0 Å². The molecule has 2 unspecified atom stereocenters. The van der Waals surface area contributed by atoms with E-state index in [0.717, 1.165) is 19.3 Å². The number of rotatable bonds is 2. The molecule has 0 saturated carbocycles. The first-order valence-electron chi connectivity index (χ1n) is 8.17. The van der Waals surface area contributed by atoms with E-state index in [1.54, 1.807) is 13.0 Å². The summed E-state index contributed by atoms with van der Waals surface area (Å²) in [4.78, 5) is 18.5. The quantitative estimate of drug-likeness (QED) is 0.920. The summed E-state index contributed by atoms with van der Waals surface area (Å²) in [6.07, 6.45) is 7.32. The summed E-state index contributed by atoms with van der Waals surface area (Å²) in [5, 5.41) is 10.5. The Hall–Kier alpha value is -2.57. The number of nitrogens with one attached hydrogen (secondary N) is 1. The van der Waals surface area contributed by atoms with Gasteiger partial charge in [-0.2, -0.15) is 5.10 Å². The van der Waals surface area contributed by atoms with Crippen LogP contribution in [0.5, 0.6) is 0 Å². The van der Waals surface area contributed by atoms with Gasteiger partial charge in [-0.15, -0.1) is 5.10 Å². The van der Waals surface area contributed by atoms with Crippen molar-refractivity contribution in [1.82, 2.24) is 20.1 Å². The average molecular weight is 327 g/mol. The maximum atomic E-state index is 14.3. The number of anilines is 1. The third kappa shape index (κ3) is 2.50. The third-order valence-electron chi connectivity index (χ3n) is 4.92. The number of fused-ring (bicyclic) bond motifs is 2. The number of carbonyl (C=O) groups is 1. The van der Waals surface area contributed by atoms with Crippen molar-refractivity contribution in [2.24, 2.45) is 0 Å². The number of urea groups is 1. The Morgan fingerprint density at radius 2 is 2.08 bits per heavy atom. The Bertz CT molecular complexity index is 768. The first-order valence-corrected chi connectivity index (χ1v) is 8.17. The summed E-state index contributed by atoms with van der Waals surface area (Å²) < 4.78 is 14.3. The lowest BCUT2D eigenvalue weighted by Crippen LogP contribution is -2.62. The Morgan fingerprint density at radius 1 is 1.29 bits per heavy atom. The number of aromatic nitrogens is 3. The van der Waals surface area contributed by atoms with Gasteiger partial charge in [0.2, 0.25) is 0 Å². The van der Waals surface area contributed by atoms with Gasteiger partial charge in [-0.25, -0.2) is 14.2 Å². The molecule has 7 heteroatoms. The predicted molar refractivity (Wildman–Crippen MR) is 86.9 cm³/mol. The summed E-state index contributed by atoms with van der Waals surface area (Å²) in [5.74, 6) is -0.0505. The number of halogens is 1. The van der Waals surface area contributed by atoms with E-state index in [-0.39, 0.29) is 11.7 Å². The van der Waals surface area contributed by atoms with Crippen molar-refractivity contribution in [3.05, 3.63) is 35.9 Å². The molecule has 4 rings (SSSR count). The molecule has 1 N–H and O–H groups in total.